The second-order valence-corrected chi connectivity index (χ2v) is 7.19. The molecule has 0 aliphatic carbocycles. The maximum absolute atomic E-state index is 12.8. The molecule has 1 aliphatic rings. The maximum atomic E-state index is 12.8. The fraction of sp³-hybridized carbons (Fsp3) is 0.409. The number of halogens is 2. The summed E-state index contributed by atoms with van der Waals surface area (Å²) in [5.41, 5.74) is 1.44. The molecule has 9 heteroatoms. The van der Waals surface area contributed by atoms with Crippen LogP contribution in [0.1, 0.15) is 22.3 Å². The fourth-order valence-electron chi connectivity index (χ4n) is 3.37. The third kappa shape index (κ3) is 9.23. The smallest absolute Gasteiger partial charge is 0.253 e. The molecule has 1 aromatic heterocycles. The molecule has 1 unspecified atom stereocenters. The minimum atomic E-state index is -0.635. The topological polar surface area (TPSA) is 86.4 Å². The molecule has 31 heavy (non-hydrogen) atoms. The Morgan fingerprint density at radius 1 is 1.06 bits per heavy atom. The number of pyridine rings is 1. The van der Waals surface area contributed by atoms with E-state index in [-0.39, 0.29) is 36.6 Å². The first-order chi connectivity index (χ1) is 14.2. The van der Waals surface area contributed by atoms with Crippen molar-refractivity contribution in [2.45, 2.75) is 18.9 Å². The molecule has 2 amide bonds. The summed E-state index contributed by atoms with van der Waals surface area (Å²) >= 11 is 0. The van der Waals surface area contributed by atoms with Crippen LogP contribution in [0.15, 0.2) is 54.9 Å². The second-order valence-electron chi connectivity index (χ2n) is 7.19. The molecule has 1 saturated heterocycles. The molecular formula is C22H31Cl2N5O2. The van der Waals surface area contributed by atoms with E-state index >= 15 is 0 Å². The zero-order valence-corrected chi connectivity index (χ0v) is 19.1. The van der Waals surface area contributed by atoms with Gasteiger partial charge in [-0.2, -0.15) is 0 Å². The fourth-order valence-corrected chi connectivity index (χ4v) is 3.37. The van der Waals surface area contributed by atoms with Gasteiger partial charge in [0.25, 0.3) is 5.91 Å². The van der Waals surface area contributed by atoms with Gasteiger partial charge in [-0.3, -0.25) is 14.6 Å². The SMILES string of the molecule is Cl.Cl.O=C(NC(Cc1ccccc1)C(=O)NCCCN1CCNCC1)c1cccnc1. The number of carbonyl (C=O) groups is 2. The lowest BCUT2D eigenvalue weighted by Crippen LogP contribution is -2.49. The third-order valence-electron chi connectivity index (χ3n) is 4.99. The van der Waals surface area contributed by atoms with E-state index < -0.39 is 6.04 Å². The van der Waals surface area contributed by atoms with Gasteiger partial charge in [0.2, 0.25) is 5.91 Å². The summed E-state index contributed by atoms with van der Waals surface area (Å²) in [6.07, 6.45) is 4.44. The highest BCUT2D eigenvalue weighted by Gasteiger charge is 2.22. The molecule has 0 saturated carbocycles. The van der Waals surface area contributed by atoms with Crippen molar-refractivity contribution in [1.29, 1.82) is 0 Å². The molecule has 0 radical (unpaired) electrons. The highest BCUT2D eigenvalue weighted by atomic mass is 35.5. The standard InChI is InChI=1S/C22H29N5O2.2ClH/c28-21(19-8-4-9-24-17-19)26-20(16-18-6-2-1-3-7-18)22(29)25-10-5-13-27-14-11-23-12-15-27;;/h1-4,6-9,17,20,23H,5,10-16H2,(H,25,29)(H,26,28);2*1H. The van der Waals surface area contributed by atoms with E-state index in [9.17, 15) is 9.59 Å². The molecular weight excluding hydrogens is 437 g/mol. The van der Waals surface area contributed by atoms with Crippen LogP contribution in [-0.2, 0) is 11.2 Å². The average Bonchev–Trinajstić information content (AvgIpc) is 2.78. The summed E-state index contributed by atoms with van der Waals surface area (Å²) in [7, 11) is 0. The summed E-state index contributed by atoms with van der Waals surface area (Å²) in [4.78, 5) is 31.7. The number of carbonyl (C=O) groups excluding carboxylic acids is 2. The monoisotopic (exact) mass is 467 g/mol. The number of rotatable bonds is 9. The van der Waals surface area contributed by atoms with Crippen molar-refractivity contribution in [2.24, 2.45) is 0 Å². The Balaban J connectivity index is 0.00000240. The summed E-state index contributed by atoms with van der Waals surface area (Å²) in [5, 5.41) is 9.19. The maximum Gasteiger partial charge on any atom is 0.253 e. The predicted molar refractivity (Wildman–Crippen MR) is 127 cm³/mol. The highest BCUT2D eigenvalue weighted by Crippen LogP contribution is 2.05. The minimum Gasteiger partial charge on any atom is -0.354 e. The van der Waals surface area contributed by atoms with Crippen LogP contribution in [-0.4, -0.2) is 67.0 Å². The number of nitrogens with one attached hydrogen (secondary N) is 3. The van der Waals surface area contributed by atoms with Gasteiger partial charge in [-0.25, -0.2) is 0 Å². The van der Waals surface area contributed by atoms with Crippen molar-refractivity contribution in [3.63, 3.8) is 0 Å². The number of nitrogens with zero attached hydrogens (tertiary/aromatic N) is 2. The number of benzene rings is 1. The molecule has 7 nitrogen and oxygen atoms in total. The van der Waals surface area contributed by atoms with E-state index in [1.165, 1.54) is 6.20 Å². The Kier molecular flexibility index (Phi) is 12.8. The molecule has 1 atom stereocenters. The van der Waals surface area contributed by atoms with Crippen molar-refractivity contribution < 1.29 is 9.59 Å². The number of piperazine rings is 1. The zero-order valence-electron chi connectivity index (χ0n) is 17.5. The van der Waals surface area contributed by atoms with Crippen LogP contribution in [0.3, 0.4) is 0 Å². The number of amides is 2. The van der Waals surface area contributed by atoms with Crippen LogP contribution in [0.4, 0.5) is 0 Å². The van der Waals surface area contributed by atoms with Gasteiger partial charge in [0.1, 0.15) is 6.04 Å². The van der Waals surface area contributed by atoms with Crippen LogP contribution in [0.5, 0.6) is 0 Å². The van der Waals surface area contributed by atoms with E-state index in [0.717, 1.165) is 44.7 Å². The Bertz CT molecular complexity index is 774. The minimum absolute atomic E-state index is 0. The Morgan fingerprint density at radius 3 is 2.48 bits per heavy atom. The van der Waals surface area contributed by atoms with Gasteiger partial charge in [0.15, 0.2) is 0 Å². The second kappa shape index (κ2) is 14.8. The molecule has 170 valence electrons. The molecule has 3 rings (SSSR count). The van der Waals surface area contributed by atoms with Crippen molar-refractivity contribution >= 4 is 36.6 Å². The quantitative estimate of drug-likeness (QED) is 0.488. The first kappa shape index (κ1) is 26.8. The molecule has 0 spiro atoms. The van der Waals surface area contributed by atoms with Gasteiger partial charge in [-0.1, -0.05) is 30.3 Å². The lowest BCUT2D eigenvalue weighted by molar-refractivity contribution is -0.122. The molecule has 1 aromatic carbocycles. The van der Waals surface area contributed by atoms with Gasteiger partial charge >= 0.3 is 0 Å². The largest absolute Gasteiger partial charge is 0.354 e. The van der Waals surface area contributed by atoms with Gasteiger partial charge in [0, 0.05) is 51.5 Å². The van der Waals surface area contributed by atoms with E-state index in [1.807, 2.05) is 30.3 Å². The summed E-state index contributed by atoms with van der Waals surface area (Å²) in [6.45, 7) is 5.69. The first-order valence-electron chi connectivity index (χ1n) is 10.2. The van der Waals surface area contributed by atoms with Crippen LogP contribution in [0.25, 0.3) is 0 Å². The Labute approximate surface area is 196 Å². The van der Waals surface area contributed by atoms with Crippen molar-refractivity contribution in [1.82, 2.24) is 25.8 Å². The highest BCUT2D eigenvalue weighted by molar-refractivity contribution is 5.97. The van der Waals surface area contributed by atoms with Crippen molar-refractivity contribution in [3.8, 4) is 0 Å². The van der Waals surface area contributed by atoms with Crippen molar-refractivity contribution in [3.05, 3.63) is 66.0 Å². The molecule has 3 N–H and O–H groups in total. The molecule has 1 fully saturated rings. The molecule has 2 heterocycles. The molecule has 2 aromatic rings. The van der Waals surface area contributed by atoms with Crippen LogP contribution in [0.2, 0.25) is 0 Å². The summed E-state index contributed by atoms with van der Waals surface area (Å²) in [6, 6.07) is 12.5. The number of hydrogen-bond donors (Lipinski definition) is 3. The van der Waals surface area contributed by atoms with Crippen LogP contribution < -0.4 is 16.0 Å². The van der Waals surface area contributed by atoms with Crippen LogP contribution in [0, 0.1) is 0 Å². The van der Waals surface area contributed by atoms with Gasteiger partial charge in [-0.15, -0.1) is 24.8 Å². The van der Waals surface area contributed by atoms with Gasteiger partial charge in [0.05, 0.1) is 5.56 Å². The van der Waals surface area contributed by atoms with E-state index in [2.05, 4.69) is 25.8 Å². The van der Waals surface area contributed by atoms with Crippen molar-refractivity contribution in [2.75, 3.05) is 39.3 Å². The zero-order chi connectivity index (χ0) is 20.3. The molecule has 0 bridgehead atoms. The predicted octanol–water partition coefficient (Wildman–Crippen LogP) is 1.68. The first-order valence-corrected chi connectivity index (χ1v) is 10.2. The molecule has 1 aliphatic heterocycles. The lowest BCUT2D eigenvalue weighted by Gasteiger charge is -2.27. The Hall–Kier alpha value is -2.19. The Morgan fingerprint density at radius 2 is 1.81 bits per heavy atom. The number of hydrogen-bond acceptors (Lipinski definition) is 5. The number of aromatic nitrogens is 1. The summed E-state index contributed by atoms with van der Waals surface area (Å²) < 4.78 is 0. The normalized spacial score (nSPS) is 14.5. The van der Waals surface area contributed by atoms with E-state index in [1.54, 1.807) is 18.3 Å². The third-order valence-corrected chi connectivity index (χ3v) is 4.99. The van der Waals surface area contributed by atoms with E-state index in [4.69, 9.17) is 0 Å². The average molecular weight is 468 g/mol. The van der Waals surface area contributed by atoms with E-state index in [0.29, 0.717) is 18.5 Å². The summed E-state index contributed by atoms with van der Waals surface area (Å²) in [5.74, 6) is -0.457. The van der Waals surface area contributed by atoms with Gasteiger partial charge < -0.3 is 20.9 Å². The van der Waals surface area contributed by atoms with Crippen LogP contribution >= 0.6 is 24.8 Å². The lowest BCUT2D eigenvalue weighted by atomic mass is 10.0. The van der Waals surface area contributed by atoms with Gasteiger partial charge in [-0.05, 0) is 30.7 Å².